The van der Waals surface area contributed by atoms with Crippen molar-refractivity contribution in [2.24, 2.45) is 0 Å². The normalized spacial score (nSPS) is 11.7. The van der Waals surface area contributed by atoms with Crippen LogP contribution in [-0.2, 0) is 9.53 Å². The van der Waals surface area contributed by atoms with Gasteiger partial charge in [-0.15, -0.1) is 0 Å². The highest BCUT2D eigenvalue weighted by Crippen LogP contribution is 2.29. The fourth-order valence-corrected chi connectivity index (χ4v) is 2.20. The van der Waals surface area contributed by atoms with E-state index in [9.17, 15) is 4.79 Å². The van der Waals surface area contributed by atoms with Crippen LogP contribution < -0.4 is 4.74 Å². The van der Waals surface area contributed by atoms with Crippen LogP contribution in [0.5, 0.6) is 5.75 Å². The Morgan fingerprint density at radius 3 is 2.10 bits per heavy atom. The molecule has 0 aliphatic rings. The van der Waals surface area contributed by atoms with Gasteiger partial charge < -0.3 is 9.47 Å². The highest BCUT2D eigenvalue weighted by Gasteiger charge is 2.18. The molecule has 1 atom stereocenters. The number of carbonyl (C=O) groups excluding carboxylic acids is 1. The minimum absolute atomic E-state index is 0.00504. The van der Waals surface area contributed by atoms with Crippen LogP contribution in [0.3, 0.4) is 0 Å². The monoisotopic (exact) mass is 270 g/mol. The smallest absolute Gasteiger partial charge is 0.306 e. The van der Waals surface area contributed by atoms with Gasteiger partial charge in [-0.2, -0.15) is 0 Å². The average Bonchev–Trinajstić information content (AvgIpc) is 2.53. The van der Waals surface area contributed by atoms with Gasteiger partial charge >= 0.3 is 5.97 Å². The predicted octanol–water partition coefficient (Wildman–Crippen LogP) is 3.39. The maximum atomic E-state index is 11.6. The van der Waals surface area contributed by atoms with E-state index >= 15 is 0 Å². The first-order valence-electron chi connectivity index (χ1n) is 6.50. The Bertz CT molecular complexity index is 546. The summed E-state index contributed by atoms with van der Waals surface area (Å²) < 4.78 is 9.97. The topological polar surface area (TPSA) is 35.5 Å². The molecule has 0 aliphatic carbocycles. The van der Waals surface area contributed by atoms with E-state index in [-0.39, 0.29) is 11.9 Å². The molecule has 0 saturated heterocycles. The zero-order valence-electron chi connectivity index (χ0n) is 11.7. The van der Waals surface area contributed by atoms with Crippen LogP contribution in [0.1, 0.15) is 23.5 Å². The number of carbonyl (C=O) groups is 1. The first kappa shape index (κ1) is 14.1. The number of methoxy groups -OCH3 is 2. The molecule has 0 heterocycles. The van der Waals surface area contributed by atoms with E-state index in [0.717, 1.165) is 16.9 Å². The van der Waals surface area contributed by atoms with Gasteiger partial charge in [-0.1, -0.05) is 42.5 Å². The summed E-state index contributed by atoms with van der Waals surface area (Å²) in [5, 5.41) is 0. The first-order valence-corrected chi connectivity index (χ1v) is 6.50. The van der Waals surface area contributed by atoms with Crippen LogP contribution >= 0.6 is 0 Å². The molecular formula is C17H18O3. The molecule has 0 fully saturated rings. The summed E-state index contributed by atoms with van der Waals surface area (Å²) in [4.78, 5) is 11.6. The lowest BCUT2D eigenvalue weighted by molar-refractivity contribution is -0.140. The Kier molecular flexibility index (Phi) is 4.77. The highest BCUT2D eigenvalue weighted by atomic mass is 16.5. The molecule has 2 aromatic carbocycles. The molecule has 0 bridgehead atoms. The van der Waals surface area contributed by atoms with Gasteiger partial charge in [0.2, 0.25) is 0 Å². The molecule has 0 unspecified atom stereocenters. The Morgan fingerprint density at radius 2 is 1.55 bits per heavy atom. The number of ether oxygens (including phenoxy) is 2. The zero-order valence-corrected chi connectivity index (χ0v) is 11.7. The number of hydrogen-bond donors (Lipinski definition) is 0. The summed E-state index contributed by atoms with van der Waals surface area (Å²) in [7, 11) is 3.05. The molecule has 0 N–H and O–H groups in total. The summed E-state index contributed by atoms with van der Waals surface area (Å²) in [5.41, 5.74) is 2.17. The van der Waals surface area contributed by atoms with Gasteiger partial charge in [0.15, 0.2) is 0 Å². The summed E-state index contributed by atoms with van der Waals surface area (Å²) in [6.07, 6.45) is 0.326. The van der Waals surface area contributed by atoms with Crippen molar-refractivity contribution >= 4 is 5.97 Å². The largest absolute Gasteiger partial charge is 0.497 e. The van der Waals surface area contributed by atoms with Crippen LogP contribution in [0.2, 0.25) is 0 Å². The molecule has 0 amide bonds. The first-order chi connectivity index (χ1) is 9.74. The maximum absolute atomic E-state index is 11.6. The average molecular weight is 270 g/mol. The van der Waals surface area contributed by atoms with Crippen molar-refractivity contribution < 1.29 is 14.3 Å². The van der Waals surface area contributed by atoms with Crippen LogP contribution in [0.15, 0.2) is 54.6 Å². The van der Waals surface area contributed by atoms with Crippen molar-refractivity contribution in [3.05, 3.63) is 65.7 Å². The quantitative estimate of drug-likeness (QED) is 0.781. The SMILES string of the molecule is COC(=O)C[C@@H](c1ccccc1)c1ccc(OC)cc1. The molecule has 3 nitrogen and oxygen atoms in total. The molecule has 0 aromatic heterocycles. The summed E-state index contributed by atoms with van der Waals surface area (Å²) in [5.74, 6) is 0.586. The van der Waals surface area contributed by atoms with Crippen molar-refractivity contribution in [1.29, 1.82) is 0 Å². The van der Waals surface area contributed by atoms with Gasteiger partial charge in [0, 0.05) is 5.92 Å². The van der Waals surface area contributed by atoms with E-state index < -0.39 is 0 Å². The second kappa shape index (κ2) is 6.75. The fourth-order valence-electron chi connectivity index (χ4n) is 2.20. The van der Waals surface area contributed by atoms with E-state index in [1.165, 1.54) is 7.11 Å². The maximum Gasteiger partial charge on any atom is 0.306 e. The van der Waals surface area contributed by atoms with Gasteiger partial charge in [-0.3, -0.25) is 4.79 Å². The lowest BCUT2D eigenvalue weighted by atomic mass is 9.88. The third kappa shape index (κ3) is 3.38. The Morgan fingerprint density at radius 1 is 0.950 bits per heavy atom. The molecule has 104 valence electrons. The summed E-state index contributed by atoms with van der Waals surface area (Å²) >= 11 is 0. The number of rotatable bonds is 5. The number of esters is 1. The zero-order chi connectivity index (χ0) is 14.4. The molecule has 20 heavy (non-hydrogen) atoms. The van der Waals surface area contributed by atoms with E-state index in [1.54, 1.807) is 7.11 Å². The van der Waals surface area contributed by atoms with Crippen LogP contribution in [0, 0.1) is 0 Å². The van der Waals surface area contributed by atoms with Crippen LogP contribution in [0.25, 0.3) is 0 Å². The Balaban J connectivity index is 2.32. The lowest BCUT2D eigenvalue weighted by Crippen LogP contribution is -2.10. The molecule has 3 heteroatoms. The van der Waals surface area contributed by atoms with Crippen LogP contribution in [-0.4, -0.2) is 20.2 Å². The fraction of sp³-hybridized carbons (Fsp3) is 0.235. The number of benzene rings is 2. The number of hydrogen-bond acceptors (Lipinski definition) is 3. The van der Waals surface area contributed by atoms with Gasteiger partial charge in [-0.25, -0.2) is 0 Å². The second-order valence-electron chi connectivity index (χ2n) is 4.52. The van der Waals surface area contributed by atoms with Crippen molar-refractivity contribution in [2.75, 3.05) is 14.2 Å². The van der Waals surface area contributed by atoms with Gasteiger partial charge in [-0.05, 0) is 23.3 Å². The third-order valence-corrected chi connectivity index (χ3v) is 3.32. The van der Waals surface area contributed by atoms with E-state index in [4.69, 9.17) is 9.47 Å². The molecule has 0 aliphatic heterocycles. The van der Waals surface area contributed by atoms with Crippen molar-refractivity contribution in [3.8, 4) is 5.75 Å². The van der Waals surface area contributed by atoms with E-state index in [1.807, 2.05) is 54.6 Å². The minimum atomic E-state index is -0.213. The van der Waals surface area contributed by atoms with E-state index in [2.05, 4.69) is 0 Å². The molecule has 2 rings (SSSR count). The van der Waals surface area contributed by atoms with E-state index in [0.29, 0.717) is 6.42 Å². The molecule has 0 radical (unpaired) electrons. The Labute approximate surface area is 119 Å². The molecule has 0 spiro atoms. The summed E-state index contributed by atoms with van der Waals surface area (Å²) in [6, 6.07) is 17.7. The predicted molar refractivity (Wildman–Crippen MR) is 77.9 cm³/mol. The van der Waals surface area contributed by atoms with Crippen molar-refractivity contribution in [3.63, 3.8) is 0 Å². The Hall–Kier alpha value is -2.29. The van der Waals surface area contributed by atoms with Crippen molar-refractivity contribution in [1.82, 2.24) is 0 Å². The van der Waals surface area contributed by atoms with Crippen molar-refractivity contribution in [2.45, 2.75) is 12.3 Å². The van der Waals surface area contributed by atoms with Gasteiger partial charge in [0.25, 0.3) is 0 Å². The minimum Gasteiger partial charge on any atom is -0.497 e. The van der Waals surface area contributed by atoms with Gasteiger partial charge in [0.05, 0.1) is 20.6 Å². The van der Waals surface area contributed by atoms with Crippen LogP contribution in [0.4, 0.5) is 0 Å². The molecular weight excluding hydrogens is 252 g/mol. The third-order valence-electron chi connectivity index (χ3n) is 3.32. The highest BCUT2D eigenvalue weighted by molar-refractivity contribution is 5.71. The standard InChI is InChI=1S/C17H18O3/c1-19-15-10-8-14(9-11-15)16(12-17(18)20-2)13-6-4-3-5-7-13/h3-11,16H,12H2,1-2H3/t16-/m0/s1. The molecule has 0 saturated carbocycles. The molecule has 2 aromatic rings. The lowest BCUT2D eigenvalue weighted by Gasteiger charge is -2.17. The second-order valence-corrected chi connectivity index (χ2v) is 4.52. The van der Waals surface area contributed by atoms with Gasteiger partial charge in [0.1, 0.15) is 5.75 Å². The summed E-state index contributed by atoms with van der Waals surface area (Å²) in [6.45, 7) is 0.